The standard InChI is InChI=1S/C26H29BrN4O2/c1-30(2)19-9-11-31(12-10-19)13-14-33-29-25-20-5-3-4-6-22(20)28-26(25)24-21-16-18(27)8-7-17(21)15-23(24)32/h3-8,16,19,28H,9-15H2,1-2H3/b26-24-,29-25?. The number of carbonyl (C=O) groups excluding carboxylic acids is 1. The molecule has 0 spiro atoms. The van der Waals surface area contributed by atoms with Crippen molar-refractivity contribution in [3.63, 3.8) is 0 Å². The van der Waals surface area contributed by atoms with Crippen molar-refractivity contribution in [2.24, 2.45) is 5.16 Å². The van der Waals surface area contributed by atoms with Gasteiger partial charge in [0.2, 0.25) is 0 Å². The van der Waals surface area contributed by atoms with Crippen molar-refractivity contribution in [2.45, 2.75) is 25.3 Å². The number of Topliss-reactive ketones (excluding diaryl/α,β-unsaturated/α-hetero) is 1. The van der Waals surface area contributed by atoms with Gasteiger partial charge in [0.05, 0.1) is 11.3 Å². The third kappa shape index (κ3) is 4.50. The number of rotatable bonds is 5. The van der Waals surface area contributed by atoms with E-state index in [0.29, 0.717) is 30.4 Å². The van der Waals surface area contributed by atoms with E-state index in [0.717, 1.165) is 52.2 Å². The van der Waals surface area contributed by atoms with Gasteiger partial charge in [0.15, 0.2) is 5.78 Å². The molecule has 2 aromatic carbocycles. The molecule has 0 amide bonds. The van der Waals surface area contributed by atoms with E-state index >= 15 is 0 Å². The maximum Gasteiger partial charge on any atom is 0.170 e. The molecule has 0 saturated carbocycles. The third-order valence-electron chi connectivity index (χ3n) is 6.84. The summed E-state index contributed by atoms with van der Waals surface area (Å²) < 4.78 is 0.956. The molecule has 2 aliphatic heterocycles. The normalized spacial score (nSPS) is 22.1. The Morgan fingerprint density at radius 3 is 2.73 bits per heavy atom. The summed E-state index contributed by atoms with van der Waals surface area (Å²) in [5, 5.41) is 7.99. The molecule has 6 nitrogen and oxygen atoms in total. The van der Waals surface area contributed by atoms with Gasteiger partial charge in [-0.3, -0.25) is 9.69 Å². The van der Waals surface area contributed by atoms with E-state index in [1.54, 1.807) is 0 Å². The lowest BCUT2D eigenvalue weighted by Gasteiger charge is -2.34. The number of oxime groups is 1. The third-order valence-corrected chi connectivity index (χ3v) is 7.34. The van der Waals surface area contributed by atoms with Gasteiger partial charge in [-0.1, -0.05) is 45.4 Å². The van der Waals surface area contributed by atoms with E-state index < -0.39 is 0 Å². The zero-order chi connectivity index (χ0) is 22.9. The second-order valence-corrected chi connectivity index (χ2v) is 10.0. The molecule has 2 aromatic rings. The summed E-state index contributed by atoms with van der Waals surface area (Å²) >= 11 is 3.55. The number of nitrogens with zero attached hydrogens (tertiary/aromatic N) is 3. The molecular formula is C26H29BrN4O2. The number of hydrogen-bond donors (Lipinski definition) is 1. The zero-order valence-electron chi connectivity index (χ0n) is 19.1. The van der Waals surface area contributed by atoms with Gasteiger partial charge in [-0.15, -0.1) is 0 Å². The molecule has 5 rings (SSSR count). The minimum atomic E-state index is 0.106. The largest absolute Gasteiger partial charge is 0.394 e. The lowest BCUT2D eigenvalue weighted by Crippen LogP contribution is -2.42. The summed E-state index contributed by atoms with van der Waals surface area (Å²) in [6.07, 6.45) is 2.79. The van der Waals surface area contributed by atoms with Gasteiger partial charge in [-0.2, -0.15) is 0 Å². The van der Waals surface area contributed by atoms with Crippen molar-refractivity contribution < 1.29 is 9.63 Å². The van der Waals surface area contributed by atoms with Crippen LogP contribution in [0.25, 0.3) is 5.57 Å². The van der Waals surface area contributed by atoms with E-state index in [1.807, 2.05) is 42.5 Å². The Morgan fingerprint density at radius 1 is 1.15 bits per heavy atom. The average Bonchev–Trinajstić information content (AvgIpc) is 3.33. The zero-order valence-corrected chi connectivity index (χ0v) is 20.7. The summed E-state index contributed by atoms with van der Waals surface area (Å²) in [4.78, 5) is 23.6. The Morgan fingerprint density at radius 2 is 1.94 bits per heavy atom. The highest BCUT2D eigenvalue weighted by Crippen LogP contribution is 2.39. The van der Waals surface area contributed by atoms with Crippen LogP contribution in [0.2, 0.25) is 0 Å². The topological polar surface area (TPSA) is 57.2 Å². The first-order valence-corrected chi connectivity index (χ1v) is 12.3. The molecular weight excluding hydrogens is 480 g/mol. The smallest absolute Gasteiger partial charge is 0.170 e. The highest BCUT2D eigenvalue weighted by Gasteiger charge is 2.34. The molecule has 33 heavy (non-hydrogen) atoms. The van der Waals surface area contributed by atoms with Crippen LogP contribution < -0.4 is 5.32 Å². The van der Waals surface area contributed by atoms with Crippen molar-refractivity contribution >= 4 is 38.7 Å². The maximum absolute atomic E-state index is 13.0. The van der Waals surface area contributed by atoms with E-state index in [4.69, 9.17) is 4.84 Å². The van der Waals surface area contributed by atoms with Crippen molar-refractivity contribution in [1.82, 2.24) is 9.80 Å². The van der Waals surface area contributed by atoms with Crippen molar-refractivity contribution in [2.75, 3.05) is 45.7 Å². The molecule has 3 aliphatic rings. The summed E-state index contributed by atoms with van der Waals surface area (Å²) in [6.45, 7) is 3.55. The van der Waals surface area contributed by atoms with Crippen LogP contribution in [0, 0.1) is 0 Å². The highest BCUT2D eigenvalue weighted by atomic mass is 79.9. The Hall–Kier alpha value is -2.48. The van der Waals surface area contributed by atoms with Gasteiger partial charge >= 0.3 is 0 Å². The van der Waals surface area contributed by atoms with Crippen molar-refractivity contribution in [3.05, 3.63) is 69.3 Å². The van der Waals surface area contributed by atoms with Gasteiger partial charge in [0.25, 0.3) is 0 Å². The fourth-order valence-electron chi connectivity index (χ4n) is 4.96. The minimum Gasteiger partial charge on any atom is -0.394 e. The predicted octanol–water partition coefficient (Wildman–Crippen LogP) is 4.16. The van der Waals surface area contributed by atoms with Gasteiger partial charge in [0.1, 0.15) is 12.3 Å². The number of ketones is 1. The molecule has 7 heteroatoms. The molecule has 172 valence electrons. The number of benzene rings is 2. The quantitative estimate of drug-likeness (QED) is 0.373. The molecule has 1 aliphatic carbocycles. The molecule has 2 heterocycles. The van der Waals surface area contributed by atoms with Crippen molar-refractivity contribution in [3.8, 4) is 0 Å². The number of carbonyl (C=O) groups is 1. The van der Waals surface area contributed by atoms with Crippen LogP contribution in [-0.4, -0.2) is 67.7 Å². The Labute approximate surface area is 203 Å². The SMILES string of the molecule is CN(C)C1CCN(CCON=C2/C(=C3/C(=O)Cc4ccc(Br)cc43)Nc3ccccc32)CC1. The number of nitrogens with one attached hydrogen (secondary N) is 1. The van der Waals surface area contributed by atoms with E-state index in [2.05, 4.69) is 50.3 Å². The Balaban J connectivity index is 1.36. The molecule has 1 N–H and O–H groups in total. The second-order valence-electron chi connectivity index (χ2n) is 9.13. The monoisotopic (exact) mass is 508 g/mol. The minimum absolute atomic E-state index is 0.106. The van der Waals surface area contributed by atoms with Crippen LogP contribution in [0.15, 0.2) is 57.8 Å². The second kappa shape index (κ2) is 9.41. The van der Waals surface area contributed by atoms with Crippen LogP contribution >= 0.6 is 15.9 Å². The first-order chi connectivity index (χ1) is 16.0. The number of para-hydroxylation sites is 1. The molecule has 0 radical (unpaired) electrons. The molecule has 1 fully saturated rings. The lowest BCUT2D eigenvalue weighted by molar-refractivity contribution is -0.112. The summed E-state index contributed by atoms with van der Waals surface area (Å²) in [7, 11) is 4.32. The van der Waals surface area contributed by atoms with Crippen LogP contribution in [0.1, 0.15) is 29.5 Å². The summed E-state index contributed by atoms with van der Waals surface area (Å²) in [6, 6.07) is 14.7. The number of halogens is 1. The average molecular weight is 509 g/mol. The maximum atomic E-state index is 13.0. The Bertz CT molecular complexity index is 1130. The van der Waals surface area contributed by atoms with Gasteiger partial charge < -0.3 is 15.1 Å². The number of anilines is 1. The number of likely N-dealkylation sites (tertiary alicyclic amines) is 1. The first-order valence-electron chi connectivity index (χ1n) is 11.5. The van der Waals surface area contributed by atoms with Crippen LogP contribution in [0.4, 0.5) is 5.69 Å². The summed E-state index contributed by atoms with van der Waals surface area (Å²) in [5.74, 6) is 0.106. The Kier molecular flexibility index (Phi) is 6.36. The molecule has 1 saturated heterocycles. The number of allylic oxidation sites excluding steroid dienone is 2. The van der Waals surface area contributed by atoms with Gasteiger partial charge in [0, 0.05) is 34.7 Å². The first kappa shape index (κ1) is 22.3. The predicted molar refractivity (Wildman–Crippen MR) is 135 cm³/mol. The van der Waals surface area contributed by atoms with Crippen molar-refractivity contribution in [1.29, 1.82) is 0 Å². The van der Waals surface area contributed by atoms with Crippen LogP contribution in [0.5, 0.6) is 0 Å². The molecule has 0 aromatic heterocycles. The fourth-order valence-corrected chi connectivity index (χ4v) is 5.32. The molecule has 0 atom stereocenters. The number of hydrogen-bond acceptors (Lipinski definition) is 6. The van der Waals surface area contributed by atoms with Gasteiger partial charge in [-0.25, -0.2) is 0 Å². The lowest BCUT2D eigenvalue weighted by atomic mass is 10.0. The van der Waals surface area contributed by atoms with E-state index in [-0.39, 0.29) is 5.78 Å². The van der Waals surface area contributed by atoms with Crippen LogP contribution in [0.3, 0.4) is 0 Å². The molecule has 0 bridgehead atoms. The fraction of sp³-hybridized carbons (Fsp3) is 0.385. The number of fused-ring (bicyclic) bond motifs is 2. The van der Waals surface area contributed by atoms with E-state index in [1.165, 1.54) is 12.8 Å². The van der Waals surface area contributed by atoms with Crippen LogP contribution in [-0.2, 0) is 16.1 Å². The highest BCUT2D eigenvalue weighted by molar-refractivity contribution is 9.10. The number of piperidine rings is 1. The summed E-state index contributed by atoms with van der Waals surface area (Å²) in [5.41, 5.74) is 6.05. The molecule has 0 unspecified atom stereocenters. The van der Waals surface area contributed by atoms with Gasteiger partial charge in [-0.05, 0) is 69.4 Å². The van der Waals surface area contributed by atoms with E-state index in [9.17, 15) is 4.79 Å².